The van der Waals surface area contributed by atoms with E-state index < -0.39 is 6.43 Å². The van der Waals surface area contributed by atoms with Crippen molar-refractivity contribution in [3.8, 4) is 11.7 Å². The van der Waals surface area contributed by atoms with E-state index >= 15 is 0 Å². The van der Waals surface area contributed by atoms with Crippen LogP contribution in [-0.4, -0.2) is 58.0 Å². The predicted octanol–water partition coefficient (Wildman–Crippen LogP) is 2.85. The third-order valence-corrected chi connectivity index (χ3v) is 5.69. The first kappa shape index (κ1) is 20.1. The molecule has 2 atom stereocenters. The highest BCUT2D eigenvalue weighted by atomic mass is 19.3. The summed E-state index contributed by atoms with van der Waals surface area (Å²) in [7, 11) is 0. The molecular formula is C21H24F2N6O2. The molecular weight excluding hydrogens is 406 g/mol. The van der Waals surface area contributed by atoms with Crippen LogP contribution in [0.25, 0.3) is 16.9 Å². The number of rotatable bonds is 5. The summed E-state index contributed by atoms with van der Waals surface area (Å²) in [5.74, 6) is 0.721. The summed E-state index contributed by atoms with van der Waals surface area (Å²) in [6, 6.07) is 8.73. The van der Waals surface area contributed by atoms with Crippen LogP contribution in [0.1, 0.15) is 31.5 Å². The van der Waals surface area contributed by atoms with Crippen LogP contribution < -0.4 is 15.4 Å². The Balaban J connectivity index is 1.61. The van der Waals surface area contributed by atoms with Gasteiger partial charge in [0.15, 0.2) is 5.82 Å². The minimum Gasteiger partial charge on any atom is -0.474 e. The summed E-state index contributed by atoms with van der Waals surface area (Å²) in [5.41, 5.74) is 7.05. The van der Waals surface area contributed by atoms with Gasteiger partial charge in [-0.2, -0.15) is 9.97 Å². The van der Waals surface area contributed by atoms with Crippen LogP contribution in [-0.2, 0) is 4.74 Å². The Morgan fingerprint density at radius 1 is 1.10 bits per heavy atom. The van der Waals surface area contributed by atoms with E-state index in [0.29, 0.717) is 55.0 Å². The Labute approximate surface area is 178 Å². The van der Waals surface area contributed by atoms with Crippen LogP contribution >= 0.6 is 0 Å². The van der Waals surface area contributed by atoms with Gasteiger partial charge in [-0.1, -0.05) is 12.1 Å². The standard InChI is InChI=1S/C21H24F2N6O2/c22-19(23)20-25-15-3-1-2-4-16(15)29(20)17-12-18(31-14-6-5-13(24)11-14)27-21(26-17)28-7-9-30-10-8-28/h1-4,12-14,19H,5-11,24H2/t13-,14+/m1/s1. The molecule has 2 aliphatic rings. The summed E-state index contributed by atoms with van der Waals surface area (Å²) in [6.07, 6.45) is -0.344. The van der Waals surface area contributed by atoms with Crippen molar-refractivity contribution in [1.82, 2.24) is 19.5 Å². The zero-order chi connectivity index (χ0) is 21.4. The van der Waals surface area contributed by atoms with Crippen LogP contribution in [0.3, 0.4) is 0 Å². The number of aromatic nitrogens is 4. The first-order valence-electron chi connectivity index (χ1n) is 10.5. The van der Waals surface area contributed by atoms with Gasteiger partial charge in [-0.15, -0.1) is 0 Å². The lowest BCUT2D eigenvalue weighted by molar-refractivity contribution is 0.121. The molecule has 2 aromatic heterocycles. The molecule has 2 fully saturated rings. The van der Waals surface area contributed by atoms with Crippen molar-refractivity contribution in [3.63, 3.8) is 0 Å². The van der Waals surface area contributed by atoms with Crippen molar-refractivity contribution in [2.24, 2.45) is 5.73 Å². The van der Waals surface area contributed by atoms with Crippen molar-refractivity contribution in [2.45, 2.75) is 37.8 Å². The number of imidazole rings is 1. The lowest BCUT2D eigenvalue weighted by atomic mass is 10.3. The van der Waals surface area contributed by atoms with Gasteiger partial charge in [-0.05, 0) is 31.4 Å². The summed E-state index contributed by atoms with van der Waals surface area (Å²) in [6.45, 7) is 2.34. The summed E-state index contributed by atoms with van der Waals surface area (Å²) >= 11 is 0. The number of alkyl halides is 2. The molecule has 3 heterocycles. The third-order valence-electron chi connectivity index (χ3n) is 5.69. The largest absolute Gasteiger partial charge is 0.474 e. The van der Waals surface area contributed by atoms with E-state index in [4.69, 9.17) is 15.2 Å². The second-order valence-corrected chi connectivity index (χ2v) is 7.87. The van der Waals surface area contributed by atoms with Gasteiger partial charge < -0.3 is 20.1 Å². The maximum Gasteiger partial charge on any atom is 0.296 e. The number of anilines is 1. The molecule has 0 amide bonds. The molecule has 5 rings (SSSR count). The van der Waals surface area contributed by atoms with Crippen LogP contribution in [0.2, 0.25) is 0 Å². The van der Waals surface area contributed by atoms with E-state index in [2.05, 4.69) is 15.0 Å². The van der Waals surface area contributed by atoms with E-state index in [1.54, 1.807) is 30.3 Å². The summed E-state index contributed by atoms with van der Waals surface area (Å²) in [5, 5.41) is 0. The van der Waals surface area contributed by atoms with Gasteiger partial charge in [0.1, 0.15) is 11.9 Å². The van der Waals surface area contributed by atoms with E-state index in [0.717, 1.165) is 19.3 Å². The molecule has 0 radical (unpaired) electrons. The number of ether oxygens (including phenoxy) is 2. The van der Waals surface area contributed by atoms with Crippen LogP contribution in [0, 0.1) is 0 Å². The first-order valence-corrected chi connectivity index (χ1v) is 10.5. The highest BCUT2D eigenvalue weighted by Crippen LogP contribution is 2.30. The maximum absolute atomic E-state index is 13.9. The minimum atomic E-state index is -2.76. The number of fused-ring (bicyclic) bond motifs is 1. The molecule has 0 spiro atoms. The fourth-order valence-corrected chi connectivity index (χ4v) is 4.16. The highest BCUT2D eigenvalue weighted by molar-refractivity contribution is 5.78. The van der Waals surface area contributed by atoms with Crippen molar-refractivity contribution in [3.05, 3.63) is 36.2 Å². The molecule has 8 nitrogen and oxygen atoms in total. The Hall–Kier alpha value is -2.85. The first-order chi connectivity index (χ1) is 15.1. The number of nitrogens with zero attached hydrogens (tertiary/aromatic N) is 5. The van der Waals surface area contributed by atoms with Crippen molar-refractivity contribution >= 4 is 17.0 Å². The molecule has 3 aromatic rings. The van der Waals surface area contributed by atoms with E-state index in [9.17, 15) is 8.78 Å². The van der Waals surface area contributed by atoms with Gasteiger partial charge in [-0.25, -0.2) is 13.8 Å². The molecule has 1 saturated carbocycles. The van der Waals surface area contributed by atoms with E-state index in [-0.39, 0.29) is 18.0 Å². The lowest BCUT2D eigenvalue weighted by Crippen LogP contribution is -2.37. The Morgan fingerprint density at radius 2 is 1.90 bits per heavy atom. The van der Waals surface area contributed by atoms with Crippen molar-refractivity contribution in [2.75, 3.05) is 31.2 Å². The maximum atomic E-state index is 13.9. The molecule has 2 N–H and O–H groups in total. The molecule has 31 heavy (non-hydrogen) atoms. The van der Waals surface area contributed by atoms with Gasteiger partial charge in [0.25, 0.3) is 6.43 Å². The molecule has 1 aliphatic carbocycles. The monoisotopic (exact) mass is 430 g/mol. The van der Waals surface area contributed by atoms with Crippen molar-refractivity contribution in [1.29, 1.82) is 0 Å². The summed E-state index contributed by atoms with van der Waals surface area (Å²) < 4.78 is 40.7. The topological polar surface area (TPSA) is 91.3 Å². The number of benzene rings is 1. The number of halogens is 2. The normalized spacial score (nSPS) is 21.9. The van der Waals surface area contributed by atoms with Gasteiger partial charge in [0, 0.05) is 25.2 Å². The van der Waals surface area contributed by atoms with Gasteiger partial charge >= 0.3 is 0 Å². The van der Waals surface area contributed by atoms with Gasteiger partial charge in [0.05, 0.1) is 24.2 Å². The number of hydrogen-bond donors (Lipinski definition) is 1. The Kier molecular flexibility index (Phi) is 5.41. The van der Waals surface area contributed by atoms with Crippen LogP contribution in [0.5, 0.6) is 5.88 Å². The minimum absolute atomic E-state index is 0.0515. The van der Waals surface area contributed by atoms with Gasteiger partial charge in [0.2, 0.25) is 11.8 Å². The third kappa shape index (κ3) is 4.05. The number of para-hydroxylation sites is 2. The SMILES string of the molecule is N[C@@H]1CC[C@H](Oc2cc(-n3c(C(F)F)nc4ccccc43)nc(N3CCOCC3)n2)C1. The number of hydrogen-bond acceptors (Lipinski definition) is 7. The smallest absolute Gasteiger partial charge is 0.296 e. The zero-order valence-corrected chi connectivity index (χ0v) is 17.0. The van der Waals surface area contributed by atoms with Crippen LogP contribution in [0.15, 0.2) is 30.3 Å². The molecule has 1 aliphatic heterocycles. The average Bonchev–Trinajstić information content (AvgIpc) is 3.37. The fraction of sp³-hybridized carbons (Fsp3) is 0.476. The quantitative estimate of drug-likeness (QED) is 0.666. The molecule has 0 unspecified atom stereocenters. The number of nitrogens with two attached hydrogens (primary N) is 1. The fourth-order valence-electron chi connectivity index (χ4n) is 4.16. The molecule has 0 bridgehead atoms. The Bertz CT molecular complexity index is 1070. The van der Waals surface area contributed by atoms with Crippen molar-refractivity contribution < 1.29 is 18.3 Å². The Morgan fingerprint density at radius 3 is 2.65 bits per heavy atom. The van der Waals surface area contributed by atoms with E-state index in [1.165, 1.54) is 4.57 Å². The summed E-state index contributed by atoms with van der Waals surface area (Å²) in [4.78, 5) is 15.3. The molecule has 10 heteroatoms. The van der Waals surface area contributed by atoms with Crippen LogP contribution in [0.4, 0.5) is 14.7 Å². The lowest BCUT2D eigenvalue weighted by Gasteiger charge is -2.27. The highest BCUT2D eigenvalue weighted by Gasteiger charge is 2.26. The molecule has 164 valence electrons. The molecule has 1 aromatic carbocycles. The second-order valence-electron chi connectivity index (χ2n) is 7.87. The number of morpholine rings is 1. The predicted molar refractivity (Wildman–Crippen MR) is 111 cm³/mol. The second kappa shape index (κ2) is 8.35. The average molecular weight is 430 g/mol. The molecule has 1 saturated heterocycles. The zero-order valence-electron chi connectivity index (χ0n) is 17.0. The van der Waals surface area contributed by atoms with Gasteiger partial charge in [-0.3, -0.25) is 4.57 Å². The van der Waals surface area contributed by atoms with E-state index in [1.807, 2.05) is 4.90 Å².